The fraction of sp³-hybridized carbons (Fsp3) is 0.0714. The molecular formula is C14H9BrClIO. The van der Waals surface area contributed by atoms with E-state index in [1.54, 1.807) is 0 Å². The number of Topliss-reactive ketones (excluding diaryl/α,β-unsaturated/α-hetero) is 1. The quantitative estimate of drug-likeness (QED) is 0.367. The molecule has 2 aromatic carbocycles. The van der Waals surface area contributed by atoms with Crippen LogP contribution in [0.15, 0.2) is 53.0 Å². The van der Waals surface area contributed by atoms with E-state index in [2.05, 4.69) is 38.5 Å². The molecule has 2 rings (SSSR count). The molecule has 92 valence electrons. The third kappa shape index (κ3) is 3.13. The summed E-state index contributed by atoms with van der Waals surface area (Å²) in [4.78, 5) is 12.4. The van der Waals surface area contributed by atoms with Crippen molar-refractivity contribution in [3.05, 3.63) is 67.7 Å². The van der Waals surface area contributed by atoms with Crippen molar-refractivity contribution in [1.82, 2.24) is 0 Å². The van der Waals surface area contributed by atoms with Gasteiger partial charge in [0.25, 0.3) is 0 Å². The average Bonchev–Trinajstić information content (AvgIpc) is 2.41. The van der Waals surface area contributed by atoms with Gasteiger partial charge in [0.1, 0.15) is 5.38 Å². The summed E-state index contributed by atoms with van der Waals surface area (Å²) >= 11 is 11.8. The van der Waals surface area contributed by atoms with E-state index < -0.39 is 5.38 Å². The molecule has 0 saturated heterocycles. The normalized spacial score (nSPS) is 12.2. The van der Waals surface area contributed by atoms with Gasteiger partial charge in [0.2, 0.25) is 0 Å². The van der Waals surface area contributed by atoms with Crippen LogP contribution >= 0.6 is 50.1 Å². The van der Waals surface area contributed by atoms with E-state index in [4.69, 9.17) is 11.6 Å². The van der Waals surface area contributed by atoms with Crippen molar-refractivity contribution in [2.24, 2.45) is 0 Å². The molecule has 0 aliphatic carbocycles. The van der Waals surface area contributed by atoms with Crippen LogP contribution in [0.4, 0.5) is 0 Å². The number of ketones is 1. The molecule has 0 aliphatic rings. The van der Waals surface area contributed by atoms with Gasteiger partial charge in [0.05, 0.1) is 0 Å². The van der Waals surface area contributed by atoms with Crippen LogP contribution in [0.1, 0.15) is 21.3 Å². The van der Waals surface area contributed by atoms with Gasteiger partial charge in [-0.3, -0.25) is 4.79 Å². The Bertz CT molecular complexity index is 571. The molecule has 4 heteroatoms. The molecule has 0 bridgehead atoms. The molecule has 18 heavy (non-hydrogen) atoms. The highest BCUT2D eigenvalue weighted by atomic mass is 127. The summed E-state index contributed by atoms with van der Waals surface area (Å²) in [6.07, 6.45) is 0. The molecule has 0 spiro atoms. The van der Waals surface area contributed by atoms with E-state index in [0.717, 1.165) is 13.6 Å². The van der Waals surface area contributed by atoms with E-state index in [1.807, 2.05) is 48.5 Å². The van der Waals surface area contributed by atoms with Crippen molar-refractivity contribution in [3.8, 4) is 0 Å². The Balaban J connectivity index is 2.34. The first-order valence-electron chi connectivity index (χ1n) is 5.28. The molecule has 0 saturated carbocycles. The largest absolute Gasteiger partial charge is 0.292 e. The van der Waals surface area contributed by atoms with Gasteiger partial charge in [-0.2, -0.15) is 0 Å². The SMILES string of the molecule is O=C(c1cc(Br)ccc1I)C(Cl)c1ccccc1. The molecule has 0 radical (unpaired) electrons. The van der Waals surface area contributed by atoms with Gasteiger partial charge in [-0.1, -0.05) is 46.3 Å². The molecule has 0 N–H and O–H groups in total. The lowest BCUT2D eigenvalue weighted by Gasteiger charge is -2.10. The summed E-state index contributed by atoms with van der Waals surface area (Å²) in [5, 5.41) is -0.644. The first kappa shape index (κ1) is 14.0. The Morgan fingerprint density at radius 3 is 2.50 bits per heavy atom. The topological polar surface area (TPSA) is 17.1 Å². The predicted octanol–water partition coefficient (Wildman–Crippen LogP) is 5.22. The lowest BCUT2D eigenvalue weighted by atomic mass is 10.0. The lowest BCUT2D eigenvalue weighted by Crippen LogP contribution is -2.09. The minimum atomic E-state index is -0.644. The number of halogens is 3. The highest BCUT2D eigenvalue weighted by Gasteiger charge is 2.21. The number of carbonyl (C=O) groups excluding carboxylic acids is 1. The smallest absolute Gasteiger partial charge is 0.186 e. The van der Waals surface area contributed by atoms with Crippen molar-refractivity contribution in [2.75, 3.05) is 0 Å². The molecule has 1 atom stereocenters. The summed E-state index contributed by atoms with van der Waals surface area (Å²) in [6, 6.07) is 15.0. The number of hydrogen-bond donors (Lipinski definition) is 0. The summed E-state index contributed by atoms with van der Waals surface area (Å²) in [7, 11) is 0. The van der Waals surface area contributed by atoms with Crippen LogP contribution in [0, 0.1) is 3.57 Å². The molecule has 1 unspecified atom stereocenters. The Morgan fingerprint density at radius 1 is 1.17 bits per heavy atom. The van der Waals surface area contributed by atoms with Crippen molar-refractivity contribution >= 4 is 55.9 Å². The fourth-order valence-corrected chi connectivity index (χ4v) is 2.82. The molecule has 0 aromatic heterocycles. The predicted molar refractivity (Wildman–Crippen MR) is 86.2 cm³/mol. The summed E-state index contributed by atoms with van der Waals surface area (Å²) < 4.78 is 1.78. The van der Waals surface area contributed by atoms with Gasteiger partial charge >= 0.3 is 0 Å². The standard InChI is InChI=1S/C14H9BrClIO/c15-10-6-7-12(17)11(8-10)14(18)13(16)9-4-2-1-3-5-9/h1-8,13H. The minimum Gasteiger partial charge on any atom is -0.292 e. The molecule has 0 heterocycles. The average molecular weight is 435 g/mol. The van der Waals surface area contributed by atoms with Crippen LogP contribution in [0.2, 0.25) is 0 Å². The highest BCUT2D eigenvalue weighted by molar-refractivity contribution is 14.1. The van der Waals surface area contributed by atoms with Gasteiger partial charge in [-0.25, -0.2) is 0 Å². The number of alkyl halides is 1. The van der Waals surface area contributed by atoms with Crippen LogP contribution in [0.25, 0.3) is 0 Å². The first-order valence-corrected chi connectivity index (χ1v) is 7.58. The van der Waals surface area contributed by atoms with E-state index in [0.29, 0.717) is 5.56 Å². The molecular weight excluding hydrogens is 426 g/mol. The number of hydrogen-bond acceptors (Lipinski definition) is 1. The maximum atomic E-state index is 12.4. The fourth-order valence-electron chi connectivity index (χ4n) is 1.60. The lowest BCUT2D eigenvalue weighted by molar-refractivity contribution is 0.0986. The van der Waals surface area contributed by atoms with Gasteiger partial charge in [-0.05, 0) is 46.4 Å². The zero-order valence-electron chi connectivity index (χ0n) is 9.24. The maximum Gasteiger partial charge on any atom is 0.186 e. The Morgan fingerprint density at radius 2 is 1.83 bits per heavy atom. The van der Waals surface area contributed by atoms with Crippen molar-refractivity contribution < 1.29 is 4.79 Å². The Hall–Kier alpha value is -0.390. The summed E-state index contributed by atoms with van der Waals surface area (Å²) in [6.45, 7) is 0. The van der Waals surface area contributed by atoms with Crippen LogP contribution in [-0.2, 0) is 0 Å². The molecule has 0 amide bonds. The van der Waals surface area contributed by atoms with Crippen LogP contribution < -0.4 is 0 Å². The second kappa shape index (κ2) is 6.17. The van der Waals surface area contributed by atoms with Gasteiger partial charge in [0, 0.05) is 13.6 Å². The summed E-state index contributed by atoms with van der Waals surface area (Å²) in [5.74, 6) is -0.0754. The number of rotatable bonds is 3. The van der Waals surface area contributed by atoms with Crippen molar-refractivity contribution in [2.45, 2.75) is 5.38 Å². The zero-order chi connectivity index (χ0) is 13.1. The third-order valence-corrected chi connectivity index (χ3v) is 4.40. The molecule has 0 fully saturated rings. The van der Waals surface area contributed by atoms with Crippen LogP contribution in [-0.4, -0.2) is 5.78 Å². The number of carbonyl (C=O) groups is 1. The molecule has 1 nitrogen and oxygen atoms in total. The van der Waals surface area contributed by atoms with Crippen molar-refractivity contribution in [1.29, 1.82) is 0 Å². The third-order valence-electron chi connectivity index (χ3n) is 2.52. The molecule has 2 aromatic rings. The van der Waals surface area contributed by atoms with Gasteiger partial charge < -0.3 is 0 Å². The van der Waals surface area contributed by atoms with E-state index >= 15 is 0 Å². The Kier molecular flexibility index (Phi) is 4.81. The van der Waals surface area contributed by atoms with E-state index in [1.165, 1.54) is 0 Å². The van der Waals surface area contributed by atoms with E-state index in [9.17, 15) is 4.79 Å². The van der Waals surface area contributed by atoms with E-state index in [-0.39, 0.29) is 5.78 Å². The molecule has 0 aliphatic heterocycles. The number of benzene rings is 2. The first-order chi connectivity index (χ1) is 8.59. The monoisotopic (exact) mass is 434 g/mol. The second-order valence-electron chi connectivity index (χ2n) is 3.76. The second-order valence-corrected chi connectivity index (χ2v) is 6.28. The van der Waals surface area contributed by atoms with Gasteiger partial charge in [-0.15, -0.1) is 11.6 Å². The maximum absolute atomic E-state index is 12.4. The summed E-state index contributed by atoms with van der Waals surface area (Å²) in [5.41, 5.74) is 1.47. The minimum absolute atomic E-state index is 0.0754. The Labute approximate surface area is 133 Å². The highest BCUT2D eigenvalue weighted by Crippen LogP contribution is 2.28. The van der Waals surface area contributed by atoms with Gasteiger partial charge in [0.15, 0.2) is 5.78 Å². The van der Waals surface area contributed by atoms with Crippen LogP contribution in [0.5, 0.6) is 0 Å². The van der Waals surface area contributed by atoms with Crippen molar-refractivity contribution in [3.63, 3.8) is 0 Å². The van der Waals surface area contributed by atoms with Crippen LogP contribution in [0.3, 0.4) is 0 Å². The zero-order valence-corrected chi connectivity index (χ0v) is 13.7.